The number of rotatable bonds is 3. The van der Waals surface area contributed by atoms with Crippen molar-refractivity contribution in [3.05, 3.63) is 51.5 Å². The highest BCUT2D eigenvalue weighted by molar-refractivity contribution is 7.10. The largest absolute Gasteiger partial charge is 0.507 e. The fourth-order valence-corrected chi connectivity index (χ4v) is 2.39. The fourth-order valence-electron chi connectivity index (χ4n) is 1.63. The molecule has 1 heterocycles. The first kappa shape index (κ1) is 15.0. The molecule has 0 aliphatic heterocycles. The number of nitrogens with one attached hydrogen (secondary N) is 1. The van der Waals surface area contributed by atoms with E-state index in [1.165, 1.54) is 11.3 Å². The number of phenols is 1. The van der Waals surface area contributed by atoms with Crippen molar-refractivity contribution in [1.82, 2.24) is 5.32 Å². The average molecular weight is 305 g/mol. The molecule has 3 N–H and O–H groups in total. The zero-order valence-corrected chi connectivity index (χ0v) is 11.7. The zero-order chi connectivity index (χ0) is 15.2. The smallest absolute Gasteiger partial charge is 0.255 e. The molecular weight excluding hydrogens is 293 g/mol. The van der Waals surface area contributed by atoms with E-state index in [0.717, 1.165) is 28.6 Å². The van der Waals surface area contributed by atoms with E-state index in [2.05, 4.69) is 17.2 Å². The van der Waals surface area contributed by atoms with Gasteiger partial charge in [0.1, 0.15) is 18.2 Å². The Bertz CT molecular complexity index is 715. The van der Waals surface area contributed by atoms with Crippen LogP contribution in [-0.2, 0) is 6.54 Å². The molecule has 4 nitrogen and oxygen atoms in total. The predicted molar refractivity (Wildman–Crippen MR) is 77.5 cm³/mol. The van der Waals surface area contributed by atoms with E-state index >= 15 is 0 Å². The first-order valence-corrected chi connectivity index (χ1v) is 6.92. The van der Waals surface area contributed by atoms with Crippen LogP contribution in [-0.4, -0.2) is 22.7 Å². The van der Waals surface area contributed by atoms with Crippen molar-refractivity contribution in [3.63, 3.8) is 0 Å². The summed E-state index contributed by atoms with van der Waals surface area (Å²) in [6.07, 6.45) is 0. The van der Waals surface area contributed by atoms with Crippen molar-refractivity contribution in [3.8, 4) is 17.6 Å². The second-order valence-electron chi connectivity index (χ2n) is 4.11. The van der Waals surface area contributed by atoms with E-state index < -0.39 is 11.7 Å². The molecule has 1 aromatic carbocycles. The van der Waals surface area contributed by atoms with Gasteiger partial charge in [0.25, 0.3) is 5.91 Å². The summed E-state index contributed by atoms with van der Waals surface area (Å²) in [6, 6.07) is 4.99. The van der Waals surface area contributed by atoms with Crippen molar-refractivity contribution in [2.75, 3.05) is 6.61 Å². The third-order valence-electron chi connectivity index (χ3n) is 2.59. The summed E-state index contributed by atoms with van der Waals surface area (Å²) in [5.74, 6) is 3.88. The summed E-state index contributed by atoms with van der Waals surface area (Å²) < 4.78 is 13.1. The number of aromatic hydroxyl groups is 1. The molecule has 0 fully saturated rings. The standard InChI is InChI=1S/C15H12FNO3S/c16-11-3-4-14(19)13(7-11)15(20)17-8-12-6-10(9-21-12)2-1-5-18/h3-4,6-7,9,18-19H,5,8H2,(H,17,20). The molecule has 21 heavy (non-hydrogen) atoms. The van der Waals surface area contributed by atoms with Crippen LogP contribution in [0.4, 0.5) is 4.39 Å². The minimum absolute atomic E-state index is 0.105. The van der Waals surface area contributed by atoms with Crippen LogP contribution in [0.3, 0.4) is 0 Å². The number of hydrogen-bond acceptors (Lipinski definition) is 4. The van der Waals surface area contributed by atoms with Gasteiger partial charge in [-0.2, -0.15) is 0 Å². The summed E-state index contributed by atoms with van der Waals surface area (Å²) in [5.41, 5.74) is 0.652. The molecule has 0 saturated heterocycles. The van der Waals surface area contributed by atoms with Gasteiger partial charge >= 0.3 is 0 Å². The highest BCUT2D eigenvalue weighted by Crippen LogP contribution is 2.18. The van der Waals surface area contributed by atoms with Gasteiger partial charge in [-0.15, -0.1) is 11.3 Å². The molecular formula is C15H12FNO3S. The number of benzene rings is 1. The van der Waals surface area contributed by atoms with Gasteiger partial charge in [0.2, 0.25) is 0 Å². The summed E-state index contributed by atoms with van der Waals surface area (Å²) in [6.45, 7) is 0.0427. The van der Waals surface area contributed by atoms with E-state index in [1.807, 2.05) is 5.38 Å². The summed E-state index contributed by atoms with van der Waals surface area (Å²) >= 11 is 1.41. The molecule has 0 unspecified atom stereocenters. The molecule has 1 aromatic heterocycles. The number of aliphatic hydroxyl groups excluding tert-OH is 1. The Hall–Kier alpha value is -2.36. The lowest BCUT2D eigenvalue weighted by molar-refractivity contribution is 0.0948. The lowest BCUT2D eigenvalue weighted by atomic mass is 10.2. The molecule has 0 spiro atoms. The van der Waals surface area contributed by atoms with Gasteiger partial charge in [-0.3, -0.25) is 4.79 Å². The first-order valence-electron chi connectivity index (χ1n) is 6.04. The lowest BCUT2D eigenvalue weighted by Gasteiger charge is -2.05. The van der Waals surface area contributed by atoms with E-state index in [-0.39, 0.29) is 24.5 Å². The number of carbonyl (C=O) groups is 1. The molecule has 0 radical (unpaired) electrons. The molecule has 2 aromatic rings. The minimum atomic E-state index is -0.587. The average Bonchev–Trinajstić information content (AvgIpc) is 2.93. The van der Waals surface area contributed by atoms with Crippen LogP contribution in [0.15, 0.2) is 29.6 Å². The molecule has 0 aliphatic rings. The van der Waals surface area contributed by atoms with Crippen LogP contribution >= 0.6 is 11.3 Å². The van der Waals surface area contributed by atoms with E-state index in [0.29, 0.717) is 0 Å². The van der Waals surface area contributed by atoms with Crippen LogP contribution in [0.2, 0.25) is 0 Å². The number of carbonyl (C=O) groups excluding carboxylic acids is 1. The molecule has 0 aliphatic carbocycles. The number of hydrogen-bond donors (Lipinski definition) is 3. The molecule has 108 valence electrons. The Morgan fingerprint density at radius 3 is 2.95 bits per heavy atom. The summed E-state index contributed by atoms with van der Waals surface area (Å²) in [5, 5.41) is 22.5. The van der Waals surface area contributed by atoms with Gasteiger partial charge in [-0.05, 0) is 24.3 Å². The Morgan fingerprint density at radius 2 is 2.19 bits per heavy atom. The number of halogens is 1. The van der Waals surface area contributed by atoms with Gasteiger partial charge in [-0.25, -0.2) is 4.39 Å². The Labute approximate surface area is 124 Å². The molecule has 2 rings (SSSR count). The van der Waals surface area contributed by atoms with Crippen LogP contribution in [0.25, 0.3) is 0 Å². The van der Waals surface area contributed by atoms with Crippen molar-refractivity contribution in [2.24, 2.45) is 0 Å². The lowest BCUT2D eigenvalue weighted by Crippen LogP contribution is -2.22. The van der Waals surface area contributed by atoms with Gasteiger partial charge in [-0.1, -0.05) is 11.8 Å². The van der Waals surface area contributed by atoms with Crippen molar-refractivity contribution in [2.45, 2.75) is 6.54 Å². The van der Waals surface area contributed by atoms with Gasteiger partial charge in [0.15, 0.2) is 0 Å². The maximum Gasteiger partial charge on any atom is 0.255 e. The molecule has 6 heteroatoms. The zero-order valence-electron chi connectivity index (χ0n) is 10.9. The highest BCUT2D eigenvalue weighted by Gasteiger charge is 2.12. The third kappa shape index (κ3) is 4.05. The van der Waals surface area contributed by atoms with E-state index in [9.17, 15) is 14.3 Å². The van der Waals surface area contributed by atoms with Crippen LogP contribution < -0.4 is 5.32 Å². The van der Waals surface area contributed by atoms with Crippen molar-refractivity contribution in [1.29, 1.82) is 0 Å². The second kappa shape index (κ2) is 6.88. The van der Waals surface area contributed by atoms with E-state index in [4.69, 9.17) is 5.11 Å². The molecule has 0 saturated carbocycles. The minimum Gasteiger partial charge on any atom is -0.507 e. The first-order chi connectivity index (χ1) is 10.1. The van der Waals surface area contributed by atoms with Crippen LogP contribution in [0.1, 0.15) is 20.8 Å². The fraction of sp³-hybridized carbons (Fsp3) is 0.133. The van der Waals surface area contributed by atoms with Gasteiger partial charge < -0.3 is 15.5 Å². The second-order valence-corrected chi connectivity index (χ2v) is 5.10. The molecule has 0 bridgehead atoms. The number of aliphatic hydroxyl groups is 1. The quantitative estimate of drug-likeness (QED) is 0.758. The normalized spacial score (nSPS) is 9.81. The third-order valence-corrected chi connectivity index (χ3v) is 3.53. The van der Waals surface area contributed by atoms with Crippen LogP contribution in [0, 0.1) is 17.7 Å². The van der Waals surface area contributed by atoms with Gasteiger partial charge in [0.05, 0.1) is 12.1 Å². The van der Waals surface area contributed by atoms with Crippen molar-refractivity contribution >= 4 is 17.2 Å². The maximum atomic E-state index is 13.1. The number of phenolic OH excluding ortho intramolecular Hbond substituents is 1. The van der Waals surface area contributed by atoms with E-state index in [1.54, 1.807) is 6.07 Å². The summed E-state index contributed by atoms with van der Waals surface area (Å²) in [4.78, 5) is 12.7. The maximum absolute atomic E-state index is 13.1. The highest BCUT2D eigenvalue weighted by atomic mass is 32.1. The van der Waals surface area contributed by atoms with Crippen LogP contribution in [0.5, 0.6) is 5.75 Å². The summed E-state index contributed by atoms with van der Waals surface area (Å²) in [7, 11) is 0. The van der Waals surface area contributed by atoms with Crippen molar-refractivity contribution < 1.29 is 19.4 Å². The molecule has 0 atom stereocenters. The monoisotopic (exact) mass is 305 g/mol. The number of amides is 1. The Balaban J connectivity index is 2.01. The molecule has 1 amide bonds. The number of thiophene rings is 1. The topological polar surface area (TPSA) is 69.6 Å². The Morgan fingerprint density at radius 1 is 1.38 bits per heavy atom. The Kier molecular flexibility index (Phi) is 4.93. The SMILES string of the molecule is O=C(NCc1cc(C#CCO)cs1)c1cc(F)ccc1O. The van der Waals surface area contributed by atoms with Gasteiger partial charge in [0, 0.05) is 15.8 Å². The predicted octanol–water partition coefficient (Wildman–Crippen LogP) is 1.87.